The minimum absolute atomic E-state index is 0.127. The number of hydrogen-bond donors (Lipinski definition) is 1. The fourth-order valence-electron chi connectivity index (χ4n) is 4.44. The highest BCUT2D eigenvalue weighted by atomic mass is 35.5. The molecule has 0 bridgehead atoms. The first-order valence-electron chi connectivity index (χ1n) is 13.5. The van der Waals surface area contributed by atoms with E-state index in [1.54, 1.807) is 9.58 Å². The van der Waals surface area contributed by atoms with E-state index < -0.39 is 5.97 Å². The van der Waals surface area contributed by atoms with Gasteiger partial charge in [-0.15, -0.1) is 0 Å². The van der Waals surface area contributed by atoms with Crippen LogP contribution in [0.2, 0.25) is 5.02 Å². The van der Waals surface area contributed by atoms with Crippen molar-refractivity contribution in [2.45, 2.75) is 32.3 Å². The summed E-state index contributed by atoms with van der Waals surface area (Å²) in [6, 6.07) is 25.0. The molecule has 1 saturated heterocycles. The van der Waals surface area contributed by atoms with Crippen LogP contribution >= 0.6 is 35.6 Å². The van der Waals surface area contributed by atoms with Crippen LogP contribution in [0, 0.1) is 0 Å². The molecule has 1 amide bonds. The summed E-state index contributed by atoms with van der Waals surface area (Å²) in [5.41, 5.74) is 4.31. The fraction of sp³-hybridized carbons (Fsp3) is 0.188. The standard InChI is InChI=1S/C32H28ClN3O4S2/c33-25-14-10-22(11-15-25)21-40-27-16-12-23(13-17-27)30-24(20-36(34-30)26-7-3-1-4-8-26)19-28-31(39)35(32(41)42-28)18-6-2-5-9-29(37)38/h1,3-4,7-8,10-17,19-20H,2,5-6,9,18,21H2,(H,37,38). The van der Waals surface area contributed by atoms with Crippen LogP contribution in [0.3, 0.4) is 0 Å². The van der Waals surface area contributed by atoms with Gasteiger partial charge in [-0.1, -0.05) is 72.3 Å². The number of rotatable bonds is 12. The quantitative estimate of drug-likeness (QED) is 0.0994. The van der Waals surface area contributed by atoms with E-state index in [9.17, 15) is 9.59 Å². The number of aliphatic carboxylic acids is 1. The number of nitrogens with zero attached hydrogens (tertiary/aromatic N) is 3. The Morgan fingerprint density at radius 3 is 2.45 bits per heavy atom. The summed E-state index contributed by atoms with van der Waals surface area (Å²) < 4.78 is 8.26. The van der Waals surface area contributed by atoms with E-state index in [-0.39, 0.29) is 12.3 Å². The van der Waals surface area contributed by atoms with Crippen LogP contribution in [0.4, 0.5) is 0 Å². The van der Waals surface area contributed by atoms with Gasteiger partial charge in [-0.25, -0.2) is 4.68 Å². The number of carbonyl (C=O) groups excluding carboxylic acids is 1. The monoisotopic (exact) mass is 617 g/mol. The van der Waals surface area contributed by atoms with E-state index in [0.717, 1.165) is 40.2 Å². The summed E-state index contributed by atoms with van der Waals surface area (Å²) in [4.78, 5) is 26.2. The number of thiocarbonyl (C=S) groups is 1. The van der Waals surface area contributed by atoms with E-state index in [1.807, 2.05) is 91.1 Å². The van der Waals surface area contributed by atoms with Gasteiger partial charge in [0.05, 0.1) is 16.3 Å². The number of amides is 1. The van der Waals surface area contributed by atoms with Crippen molar-refractivity contribution in [1.82, 2.24) is 14.7 Å². The topological polar surface area (TPSA) is 84.7 Å². The Morgan fingerprint density at radius 2 is 1.74 bits per heavy atom. The molecule has 1 aromatic heterocycles. The van der Waals surface area contributed by atoms with Gasteiger partial charge in [-0.3, -0.25) is 14.5 Å². The van der Waals surface area contributed by atoms with Crippen LogP contribution < -0.4 is 4.74 Å². The molecule has 3 aromatic carbocycles. The molecule has 1 aliphatic heterocycles. The number of para-hydroxylation sites is 1. The molecule has 7 nitrogen and oxygen atoms in total. The average Bonchev–Trinajstić information content (AvgIpc) is 3.53. The third-order valence-corrected chi connectivity index (χ3v) is 8.27. The van der Waals surface area contributed by atoms with Gasteiger partial charge in [0.1, 0.15) is 16.7 Å². The first kappa shape index (κ1) is 29.6. The summed E-state index contributed by atoms with van der Waals surface area (Å²) in [5.74, 6) is -0.231. The lowest BCUT2D eigenvalue weighted by Gasteiger charge is -2.13. The summed E-state index contributed by atoms with van der Waals surface area (Å²) in [7, 11) is 0. The maximum absolute atomic E-state index is 13.3. The first-order valence-corrected chi connectivity index (χ1v) is 15.1. The molecule has 0 atom stereocenters. The molecule has 10 heteroatoms. The van der Waals surface area contributed by atoms with E-state index >= 15 is 0 Å². The predicted molar refractivity (Wildman–Crippen MR) is 171 cm³/mol. The van der Waals surface area contributed by atoms with Crippen molar-refractivity contribution in [2.75, 3.05) is 6.54 Å². The van der Waals surface area contributed by atoms with Crippen molar-refractivity contribution in [3.05, 3.63) is 106 Å². The van der Waals surface area contributed by atoms with E-state index in [0.29, 0.717) is 40.2 Å². The second-order valence-electron chi connectivity index (χ2n) is 9.69. The lowest BCUT2D eigenvalue weighted by Crippen LogP contribution is -2.29. The SMILES string of the molecule is O=C(O)CCCCCN1C(=O)C(=Cc2cn(-c3ccccc3)nc2-c2ccc(OCc3ccc(Cl)cc3)cc2)SC1=S. The van der Waals surface area contributed by atoms with Gasteiger partial charge in [-0.05, 0) is 73.0 Å². The molecular formula is C32H28ClN3O4S2. The number of carbonyl (C=O) groups is 2. The number of halogens is 1. The maximum Gasteiger partial charge on any atom is 0.303 e. The van der Waals surface area contributed by atoms with Crippen molar-refractivity contribution in [3.8, 4) is 22.7 Å². The lowest BCUT2D eigenvalue weighted by molar-refractivity contribution is -0.137. The molecule has 1 N–H and O–H groups in total. The van der Waals surface area contributed by atoms with Crippen molar-refractivity contribution < 1.29 is 19.4 Å². The minimum atomic E-state index is -0.810. The van der Waals surface area contributed by atoms with Crippen LogP contribution in [0.15, 0.2) is 90.0 Å². The molecule has 0 aliphatic carbocycles. The molecule has 214 valence electrons. The summed E-state index contributed by atoms with van der Waals surface area (Å²) in [5, 5.41) is 14.4. The van der Waals surface area contributed by atoms with Crippen LogP contribution in [0.25, 0.3) is 23.0 Å². The summed E-state index contributed by atoms with van der Waals surface area (Å²) in [6.07, 6.45) is 5.87. The Kier molecular flexibility index (Phi) is 9.74. The zero-order chi connectivity index (χ0) is 29.5. The van der Waals surface area contributed by atoms with Gasteiger partial charge < -0.3 is 9.84 Å². The highest BCUT2D eigenvalue weighted by molar-refractivity contribution is 8.26. The highest BCUT2D eigenvalue weighted by Gasteiger charge is 2.32. The molecule has 1 fully saturated rings. The molecule has 1 aliphatic rings. The molecule has 4 aromatic rings. The van der Waals surface area contributed by atoms with Crippen LogP contribution in [0.5, 0.6) is 5.75 Å². The molecule has 0 radical (unpaired) electrons. The van der Waals surface area contributed by atoms with Gasteiger partial charge in [0, 0.05) is 35.3 Å². The number of unbranched alkanes of at least 4 members (excludes halogenated alkanes) is 2. The maximum atomic E-state index is 13.3. The molecule has 5 rings (SSSR count). The number of hydrogen-bond acceptors (Lipinski definition) is 6. The number of ether oxygens (including phenoxy) is 1. The molecular weight excluding hydrogens is 590 g/mol. The Hall–Kier alpha value is -3.92. The van der Waals surface area contributed by atoms with E-state index in [1.165, 1.54) is 11.8 Å². The fourth-order valence-corrected chi connectivity index (χ4v) is 5.87. The van der Waals surface area contributed by atoms with Gasteiger partial charge >= 0.3 is 5.97 Å². The van der Waals surface area contributed by atoms with Crippen molar-refractivity contribution in [3.63, 3.8) is 0 Å². The van der Waals surface area contributed by atoms with Crippen LogP contribution in [-0.2, 0) is 16.2 Å². The summed E-state index contributed by atoms with van der Waals surface area (Å²) in [6.45, 7) is 0.890. The van der Waals surface area contributed by atoms with Crippen LogP contribution in [0.1, 0.15) is 36.8 Å². The molecule has 0 saturated carbocycles. The third-order valence-electron chi connectivity index (χ3n) is 6.64. The smallest absolute Gasteiger partial charge is 0.303 e. The molecule has 42 heavy (non-hydrogen) atoms. The Morgan fingerprint density at radius 1 is 1.00 bits per heavy atom. The van der Waals surface area contributed by atoms with Gasteiger partial charge in [0.15, 0.2) is 0 Å². The molecule has 0 spiro atoms. The largest absolute Gasteiger partial charge is 0.489 e. The van der Waals surface area contributed by atoms with E-state index in [4.69, 9.17) is 38.8 Å². The average molecular weight is 618 g/mol. The minimum Gasteiger partial charge on any atom is -0.489 e. The molecule has 0 unspecified atom stereocenters. The summed E-state index contributed by atoms with van der Waals surface area (Å²) >= 11 is 12.8. The van der Waals surface area contributed by atoms with Crippen molar-refractivity contribution >= 4 is 57.9 Å². The second-order valence-corrected chi connectivity index (χ2v) is 11.8. The van der Waals surface area contributed by atoms with Crippen molar-refractivity contribution in [1.29, 1.82) is 0 Å². The zero-order valence-electron chi connectivity index (χ0n) is 22.6. The molecule has 2 heterocycles. The number of carboxylic acids is 1. The second kappa shape index (κ2) is 13.8. The normalized spacial score (nSPS) is 14.1. The number of aromatic nitrogens is 2. The Bertz CT molecular complexity index is 1600. The Labute approximate surface area is 258 Å². The van der Waals surface area contributed by atoms with Crippen molar-refractivity contribution in [2.24, 2.45) is 0 Å². The number of carboxylic acid groups (broad SMARTS) is 1. The number of thioether (sulfide) groups is 1. The lowest BCUT2D eigenvalue weighted by atomic mass is 10.1. The van der Waals surface area contributed by atoms with Gasteiger partial charge in [0.2, 0.25) is 0 Å². The Balaban J connectivity index is 1.36. The highest BCUT2D eigenvalue weighted by Crippen LogP contribution is 2.35. The zero-order valence-corrected chi connectivity index (χ0v) is 25.0. The van der Waals surface area contributed by atoms with Gasteiger partial charge in [0.25, 0.3) is 5.91 Å². The van der Waals surface area contributed by atoms with Gasteiger partial charge in [-0.2, -0.15) is 5.10 Å². The van der Waals surface area contributed by atoms with E-state index in [2.05, 4.69) is 0 Å². The third kappa shape index (κ3) is 7.47. The first-order chi connectivity index (χ1) is 20.4. The van der Waals surface area contributed by atoms with Crippen LogP contribution in [-0.4, -0.2) is 42.5 Å². The number of benzene rings is 3. The predicted octanol–water partition coefficient (Wildman–Crippen LogP) is 7.62.